The quantitative estimate of drug-likeness (QED) is 0.890. The summed E-state index contributed by atoms with van der Waals surface area (Å²) in [5.41, 5.74) is 6.17. The van der Waals surface area contributed by atoms with Gasteiger partial charge in [-0.25, -0.2) is 4.39 Å². The van der Waals surface area contributed by atoms with E-state index in [1.165, 1.54) is 13.2 Å². The Balaban J connectivity index is 2.98. The zero-order valence-corrected chi connectivity index (χ0v) is 8.84. The van der Waals surface area contributed by atoms with Gasteiger partial charge in [0.2, 0.25) is 0 Å². The third-order valence-corrected chi connectivity index (χ3v) is 2.41. The van der Waals surface area contributed by atoms with Crippen LogP contribution in [-0.4, -0.2) is 13.7 Å². The fraction of sp³-hybridized carbons (Fsp3) is 0.333. The molecule has 1 aromatic carbocycles. The Labute approximate surface area is 85.0 Å². The van der Waals surface area contributed by atoms with Gasteiger partial charge in [0.25, 0.3) is 0 Å². The summed E-state index contributed by atoms with van der Waals surface area (Å²) in [6.07, 6.45) is 0. The van der Waals surface area contributed by atoms with Gasteiger partial charge in [0.1, 0.15) is 5.82 Å². The van der Waals surface area contributed by atoms with E-state index in [0.29, 0.717) is 16.6 Å². The molecule has 0 aliphatic heterocycles. The largest absolute Gasteiger partial charge is 0.383 e. The van der Waals surface area contributed by atoms with Crippen molar-refractivity contribution in [2.45, 2.75) is 6.04 Å². The number of benzene rings is 1. The van der Waals surface area contributed by atoms with Crippen LogP contribution in [0.1, 0.15) is 11.6 Å². The predicted molar refractivity (Wildman–Crippen MR) is 52.9 cm³/mol. The molecule has 0 unspecified atom stereocenters. The summed E-state index contributed by atoms with van der Waals surface area (Å²) in [5, 5.41) is 0. The maximum absolute atomic E-state index is 13.3. The van der Waals surface area contributed by atoms with Crippen LogP contribution in [0.15, 0.2) is 22.7 Å². The molecular formula is C9H11BrFNO. The van der Waals surface area contributed by atoms with Gasteiger partial charge >= 0.3 is 0 Å². The van der Waals surface area contributed by atoms with Gasteiger partial charge in [-0.05, 0) is 12.1 Å². The molecule has 0 fully saturated rings. The van der Waals surface area contributed by atoms with Gasteiger partial charge in [-0.1, -0.05) is 22.0 Å². The van der Waals surface area contributed by atoms with E-state index in [1.807, 2.05) is 0 Å². The lowest BCUT2D eigenvalue weighted by molar-refractivity contribution is 0.179. The van der Waals surface area contributed by atoms with Crippen LogP contribution in [0.2, 0.25) is 0 Å². The SMILES string of the molecule is COC[C@@H](N)c1c(F)cccc1Br. The van der Waals surface area contributed by atoms with Gasteiger partial charge in [-0.15, -0.1) is 0 Å². The van der Waals surface area contributed by atoms with Crippen molar-refractivity contribution >= 4 is 15.9 Å². The monoisotopic (exact) mass is 247 g/mol. The smallest absolute Gasteiger partial charge is 0.129 e. The number of hydrogen-bond acceptors (Lipinski definition) is 2. The average Bonchev–Trinajstić information content (AvgIpc) is 2.04. The highest BCUT2D eigenvalue weighted by Gasteiger charge is 2.13. The van der Waals surface area contributed by atoms with Crippen molar-refractivity contribution in [2.75, 3.05) is 13.7 Å². The number of hydrogen-bond donors (Lipinski definition) is 1. The molecule has 0 aliphatic rings. The zero-order chi connectivity index (χ0) is 9.84. The summed E-state index contributed by atoms with van der Waals surface area (Å²) in [4.78, 5) is 0. The summed E-state index contributed by atoms with van der Waals surface area (Å²) >= 11 is 3.24. The van der Waals surface area contributed by atoms with Gasteiger partial charge in [0.15, 0.2) is 0 Å². The number of ether oxygens (including phenoxy) is 1. The summed E-state index contributed by atoms with van der Waals surface area (Å²) in [5.74, 6) is -0.307. The van der Waals surface area contributed by atoms with Crippen LogP contribution >= 0.6 is 15.9 Å². The van der Waals surface area contributed by atoms with E-state index in [1.54, 1.807) is 12.1 Å². The fourth-order valence-electron chi connectivity index (χ4n) is 1.13. The van der Waals surface area contributed by atoms with Crippen LogP contribution in [0.5, 0.6) is 0 Å². The van der Waals surface area contributed by atoms with Crippen LogP contribution in [0.25, 0.3) is 0 Å². The maximum atomic E-state index is 13.3. The lowest BCUT2D eigenvalue weighted by Crippen LogP contribution is -2.18. The second kappa shape index (κ2) is 4.69. The van der Waals surface area contributed by atoms with E-state index < -0.39 is 6.04 Å². The molecule has 0 bridgehead atoms. The highest BCUT2D eigenvalue weighted by atomic mass is 79.9. The minimum Gasteiger partial charge on any atom is -0.383 e. The van der Waals surface area contributed by atoms with Crippen molar-refractivity contribution in [3.8, 4) is 0 Å². The van der Waals surface area contributed by atoms with Crippen molar-refractivity contribution in [1.82, 2.24) is 0 Å². The van der Waals surface area contributed by atoms with E-state index in [4.69, 9.17) is 10.5 Å². The van der Waals surface area contributed by atoms with Gasteiger partial charge in [0.05, 0.1) is 12.6 Å². The van der Waals surface area contributed by atoms with Gasteiger partial charge < -0.3 is 10.5 Å². The Kier molecular flexibility index (Phi) is 3.84. The van der Waals surface area contributed by atoms with Gasteiger partial charge in [-0.3, -0.25) is 0 Å². The molecule has 1 rings (SSSR count). The first kappa shape index (κ1) is 10.6. The number of methoxy groups -OCH3 is 1. The van der Waals surface area contributed by atoms with E-state index in [9.17, 15) is 4.39 Å². The lowest BCUT2D eigenvalue weighted by Gasteiger charge is -2.13. The van der Waals surface area contributed by atoms with Crippen molar-refractivity contribution < 1.29 is 9.13 Å². The Morgan fingerprint density at radius 1 is 1.62 bits per heavy atom. The van der Waals surface area contributed by atoms with Crippen LogP contribution in [-0.2, 0) is 4.74 Å². The van der Waals surface area contributed by atoms with Crippen LogP contribution in [0.3, 0.4) is 0 Å². The van der Waals surface area contributed by atoms with Gasteiger partial charge in [0, 0.05) is 17.1 Å². The Morgan fingerprint density at radius 3 is 2.85 bits per heavy atom. The molecule has 1 atom stereocenters. The third kappa shape index (κ3) is 2.49. The standard InChI is InChI=1S/C9H11BrFNO/c1-13-5-8(12)9-6(10)3-2-4-7(9)11/h2-4,8H,5,12H2,1H3/t8-/m1/s1. The summed E-state index contributed by atoms with van der Waals surface area (Å²) in [6.45, 7) is 0.305. The summed E-state index contributed by atoms with van der Waals surface area (Å²) in [6, 6.07) is 4.34. The molecule has 0 radical (unpaired) electrons. The second-order valence-corrected chi connectivity index (χ2v) is 3.55. The average molecular weight is 248 g/mol. The van der Waals surface area contributed by atoms with Gasteiger partial charge in [-0.2, -0.15) is 0 Å². The highest BCUT2D eigenvalue weighted by molar-refractivity contribution is 9.10. The molecule has 0 heterocycles. The van der Waals surface area contributed by atoms with Crippen LogP contribution in [0, 0.1) is 5.82 Å². The molecule has 13 heavy (non-hydrogen) atoms. The minimum absolute atomic E-state index is 0.305. The molecule has 1 aromatic rings. The fourth-order valence-corrected chi connectivity index (χ4v) is 1.76. The molecule has 0 aliphatic carbocycles. The van der Waals surface area contributed by atoms with Crippen molar-refractivity contribution in [1.29, 1.82) is 0 Å². The Bertz CT molecular complexity index is 273. The molecular weight excluding hydrogens is 237 g/mol. The Morgan fingerprint density at radius 2 is 2.31 bits per heavy atom. The third-order valence-electron chi connectivity index (χ3n) is 1.72. The number of halogens is 2. The van der Waals surface area contributed by atoms with Crippen LogP contribution < -0.4 is 5.73 Å². The van der Waals surface area contributed by atoms with E-state index in [2.05, 4.69) is 15.9 Å². The van der Waals surface area contributed by atoms with Crippen molar-refractivity contribution in [3.05, 3.63) is 34.1 Å². The molecule has 0 amide bonds. The zero-order valence-electron chi connectivity index (χ0n) is 7.26. The van der Waals surface area contributed by atoms with E-state index >= 15 is 0 Å². The normalized spacial score (nSPS) is 12.9. The first-order chi connectivity index (χ1) is 6.16. The molecule has 72 valence electrons. The topological polar surface area (TPSA) is 35.2 Å². The van der Waals surface area contributed by atoms with Crippen LogP contribution in [0.4, 0.5) is 4.39 Å². The first-order valence-corrected chi connectivity index (χ1v) is 4.64. The molecule has 0 spiro atoms. The minimum atomic E-state index is -0.430. The molecule has 4 heteroatoms. The number of rotatable bonds is 3. The summed E-state index contributed by atoms with van der Waals surface area (Å²) in [7, 11) is 1.54. The predicted octanol–water partition coefficient (Wildman–Crippen LogP) is 2.23. The maximum Gasteiger partial charge on any atom is 0.129 e. The van der Waals surface area contributed by atoms with Crippen molar-refractivity contribution in [3.63, 3.8) is 0 Å². The van der Waals surface area contributed by atoms with E-state index in [-0.39, 0.29) is 5.82 Å². The molecule has 0 saturated heterocycles. The number of nitrogens with two attached hydrogens (primary N) is 1. The molecule has 2 N–H and O–H groups in total. The first-order valence-electron chi connectivity index (χ1n) is 3.85. The molecule has 0 saturated carbocycles. The van der Waals surface area contributed by atoms with Crippen molar-refractivity contribution in [2.24, 2.45) is 5.73 Å². The lowest BCUT2D eigenvalue weighted by atomic mass is 10.1. The molecule has 2 nitrogen and oxygen atoms in total. The molecule has 0 aromatic heterocycles. The summed E-state index contributed by atoms with van der Waals surface area (Å²) < 4.78 is 18.8. The van der Waals surface area contributed by atoms with E-state index in [0.717, 1.165) is 0 Å². The Hall–Kier alpha value is -0.450. The second-order valence-electron chi connectivity index (χ2n) is 2.70. The highest BCUT2D eigenvalue weighted by Crippen LogP contribution is 2.24.